The Morgan fingerprint density at radius 3 is 2.35 bits per heavy atom. The highest BCUT2D eigenvalue weighted by Crippen LogP contribution is 2.46. The molecule has 292 valence electrons. The van der Waals surface area contributed by atoms with E-state index >= 15 is 0 Å². The molecule has 16 heteroatoms. The third-order valence-corrected chi connectivity index (χ3v) is 12.0. The van der Waals surface area contributed by atoms with Crippen LogP contribution in [0.1, 0.15) is 46.5 Å². The van der Waals surface area contributed by atoms with Crippen molar-refractivity contribution in [2.45, 2.75) is 75.4 Å². The van der Waals surface area contributed by atoms with Gasteiger partial charge in [-0.05, 0) is 36.8 Å². The van der Waals surface area contributed by atoms with Gasteiger partial charge in [-0.2, -0.15) is 0 Å². The van der Waals surface area contributed by atoms with Gasteiger partial charge in [-0.1, -0.05) is 57.2 Å². The van der Waals surface area contributed by atoms with Crippen molar-refractivity contribution >= 4 is 50.5 Å². The zero-order valence-corrected chi connectivity index (χ0v) is 32.1. The van der Waals surface area contributed by atoms with Crippen molar-refractivity contribution in [3.63, 3.8) is 0 Å². The van der Waals surface area contributed by atoms with Crippen LogP contribution in [0.4, 0.5) is 0 Å². The minimum atomic E-state index is -3.94. The molecule has 5 atom stereocenters. The number of fused-ring (bicyclic) bond motifs is 1. The van der Waals surface area contributed by atoms with Crippen LogP contribution >= 0.6 is 0 Å². The minimum absolute atomic E-state index is 0.0448. The fourth-order valence-electron chi connectivity index (χ4n) is 6.83. The van der Waals surface area contributed by atoms with Gasteiger partial charge in [-0.15, -0.1) is 6.58 Å². The van der Waals surface area contributed by atoms with Crippen LogP contribution in [0, 0.1) is 11.3 Å². The van der Waals surface area contributed by atoms with E-state index in [1.165, 1.54) is 11.0 Å². The number of carbonyl (C=O) groups is 5. The maximum atomic E-state index is 14.5. The molecule has 2 heterocycles. The molecule has 3 fully saturated rings. The lowest BCUT2D eigenvalue weighted by atomic mass is 9.85. The van der Waals surface area contributed by atoms with Gasteiger partial charge in [0.1, 0.15) is 35.2 Å². The fraction of sp³-hybridized carbons (Fsp3) is 0.436. The second kappa shape index (κ2) is 15.0. The Kier molecular flexibility index (Phi) is 10.7. The Morgan fingerprint density at radius 2 is 1.75 bits per heavy atom. The molecule has 2 saturated carbocycles. The van der Waals surface area contributed by atoms with Gasteiger partial charge in [-0.3, -0.25) is 23.9 Å². The number of aromatic nitrogens is 1. The van der Waals surface area contributed by atoms with Crippen LogP contribution in [0.5, 0.6) is 11.5 Å². The molecule has 3 aromatic rings. The van der Waals surface area contributed by atoms with Crippen molar-refractivity contribution in [1.29, 1.82) is 0 Å². The van der Waals surface area contributed by atoms with E-state index in [-0.39, 0.29) is 19.4 Å². The van der Waals surface area contributed by atoms with Crippen LogP contribution in [-0.4, -0.2) is 97.6 Å². The molecule has 1 saturated heterocycles. The number of methoxy groups -OCH3 is 2. The second-order valence-electron chi connectivity index (χ2n) is 15.2. The van der Waals surface area contributed by atoms with Crippen LogP contribution in [-0.2, 0) is 38.7 Å². The van der Waals surface area contributed by atoms with Gasteiger partial charge in [0.2, 0.25) is 21.8 Å². The molecule has 2 unspecified atom stereocenters. The fourth-order valence-corrected chi connectivity index (χ4v) is 8.19. The van der Waals surface area contributed by atoms with Crippen molar-refractivity contribution in [3.05, 3.63) is 67.3 Å². The minimum Gasteiger partial charge on any atom is -0.497 e. The number of likely N-dealkylation sites (tertiary alicyclic amines) is 1. The standard InChI is InChI=1S/C39H45N5O10S/c1-7-23-20-39(23,37(49)43-55(50,51)26-14-15-26)42-33(45)30-18-25(21-44(30)35(47)32(38(2,3)4)41-34(46)36(48)53-6)54-31-19-28(22-11-9-8-10-12-22)40-29-17-24(52-5)13-16-27(29)31/h7-13,16-17,19,23,25-26,30,32H,1,14-15,18,20-21H2,2-6H3,(H,41,46)(H,42,45)(H,43,49)/t23-,25?,30?,32-,39-/m1/s1. The van der Waals surface area contributed by atoms with Gasteiger partial charge in [0.25, 0.3) is 5.91 Å². The monoisotopic (exact) mass is 775 g/mol. The van der Waals surface area contributed by atoms with Crippen LogP contribution < -0.4 is 24.8 Å². The first-order valence-electron chi connectivity index (χ1n) is 17.9. The highest BCUT2D eigenvalue weighted by atomic mass is 32.2. The smallest absolute Gasteiger partial charge is 0.396 e. The topological polar surface area (TPSA) is 199 Å². The average Bonchev–Trinajstić information content (AvgIpc) is 4.09. The number of carbonyl (C=O) groups excluding carboxylic acids is 5. The quantitative estimate of drug-likeness (QED) is 0.139. The van der Waals surface area contributed by atoms with Crippen LogP contribution in [0.3, 0.4) is 0 Å². The third kappa shape index (κ3) is 8.14. The molecule has 3 N–H and O–H groups in total. The number of sulfonamides is 1. The maximum absolute atomic E-state index is 14.5. The summed E-state index contributed by atoms with van der Waals surface area (Å²) in [6, 6.07) is 14.0. The van der Waals surface area contributed by atoms with Crippen molar-refractivity contribution in [3.8, 4) is 22.8 Å². The summed E-state index contributed by atoms with van der Waals surface area (Å²) in [6.07, 6.45) is 1.60. The van der Waals surface area contributed by atoms with E-state index < -0.39 is 79.9 Å². The Balaban J connectivity index is 1.35. The van der Waals surface area contributed by atoms with E-state index in [4.69, 9.17) is 14.5 Å². The number of pyridine rings is 1. The number of hydrogen-bond acceptors (Lipinski definition) is 11. The van der Waals surface area contributed by atoms with E-state index in [2.05, 4.69) is 26.7 Å². The Labute approximate surface area is 319 Å². The summed E-state index contributed by atoms with van der Waals surface area (Å²) < 4.78 is 44.2. The van der Waals surface area contributed by atoms with Crippen molar-refractivity contribution < 1.29 is 46.6 Å². The molecule has 4 amide bonds. The average molecular weight is 776 g/mol. The number of ether oxygens (including phenoxy) is 3. The first-order valence-corrected chi connectivity index (χ1v) is 19.5. The first kappa shape index (κ1) is 39.2. The number of nitrogens with one attached hydrogen (secondary N) is 3. The van der Waals surface area contributed by atoms with Crippen molar-refractivity contribution in [1.82, 2.24) is 25.2 Å². The molecule has 0 radical (unpaired) electrons. The molecule has 2 aliphatic carbocycles. The molecule has 1 aromatic heterocycles. The van der Waals surface area contributed by atoms with Gasteiger partial charge < -0.3 is 29.7 Å². The summed E-state index contributed by atoms with van der Waals surface area (Å²) >= 11 is 0. The number of rotatable bonds is 12. The zero-order chi connectivity index (χ0) is 39.9. The van der Waals surface area contributed by atoms with E-state index in [9.17, 15) is 32.4 Å². The van der Waals surface area contributed by atoms with Gasteiger partial charge in [0.05, 0.1) is 37.2 Å². The van der Waals surface area contributed by atoms with E-state index in [1.54, 1.807) is 52.1 Å². The van der Waals surface area contributed by atoms with Crippen molar-refractivity contribution in [2.24, 2.45) is 11.3 Å². The lowest BCUT2D eigenvalue weighted by molar-refractivity contribution is -0.155. The molecule has 6 rings (SSSR count). The Hall–Kier alpha value is -5.51. The second-order valence-corrected chi connectivity index (χ2v) is 17.1. The number of benzene rings is 2. The molecule has 3 aliphatic rings. The number of hydrogen-bond donors (Lipinski definition) is 3. The molecular weight excluding hydrogens is 731 g/mol. The summed E-state index contributed by atoms with van der Waals surface area (Å²) in [5.74, 6) is -4.21. The molecule has 0 bridgehead atoms. The summed E-state index contributed by atoms with van der Waals surface area (Å²) in [4.78, 5) is 73.3. The summed E-state index contributed by atoms with van der Waals surface area (Å²) in [7, 11) is -1.35. The molecule has 2 aromatic carbocycles. The van der Waals surface area contributed by atoms with Gasteiger partial charge >= 0.3 is 11.9 Å². The largest absolute Gasteiger partial charge is 0.497 e. The van der Waals surface area contributed by atoms with Gasteiger partial charge in [0.15, 0.2) is 0 Å². The maximum Gasteiger partial charge on any atom is 0.396 e. The highest BCUT2D eigenvalue weighted by molar-refractivity contribution is 7.91. The lowest BCUT2D eigenvalue weighted by Crippen LogP contribution is -2.60. The Morgan fingerprint density at radius 1 is 1.04 bits per heavy atom. The lowest BCUT2D eigenvalue weighted by Gasteiger charge is -2.35. The van der Waals surface area contributed by atoms with Crippen molar-refractivity contribution in [2.75, 3.05) is 20.8 Å². The number of amides is 4. The molecule has 15 nitrogen and oxygen atoms in total. The van der Waals surface area contributed by atoms with Gasteiger partial charge in [-0.25, -0.2) is 18.2 Å². The highest BCUT2D eigenvalue weighted by Gasteiger charge is 2.62. The third-order valence-electron chi connectivity index (χ3n) is 10.2. The van der Waals surface area contributed by atoms with Gasteiger partial charge in [0, 0.05) is 35.4 Å². The van der Waals surface area contributed by atoms with Crippen LogP contribution in [0.15, 0.2) is 67.3 Å². The number of esters is 1. The number of nitrogens with zero attached hydrogens (tertiary/aromatic N) is 2. The predicted molar refractivity (Wildman–Crippen MR) is 201 cm³/mol. The van der Waals surface area contributed by atoms with Crippen LogP contribution in [0.2, 0.25) is 0 Å². The molecule has 55 heavy (non-hydrogen) atoms. The normalized spacial score (nSPS) is 22.6. The molecular formula is C39H45N5O10S. The van der Waals surface area contributed by atoms with Crippen LogP contribution in [0.25, 0.3) is 22.2 Å². The van der Waals surface area contributed by atoms with E-state index in [0.717, 1.165) is 12.7 Å². The molecule has 0 spiro atoms. The zero-order valence-electron chi connectivity index (χ0n) is 31.3. The SMILES string of the molecule is C=C[C@@H]1C[C@]1(NC(=O)C1CC(Oc2cc(-c3ccccc3)nc3cc(OC)ccc23)CN1C(=O)[C@@H](NC(=O)C(=O)OC)C(C)(C)C)C(=O)NS(=O)(=O)C1CC1. The molecule has 1 aliphatic heterocycles. The Bertz CT molecular complexity index is 2150. The predicted octanol–water partition coefficient (Wildman–Crippen LogP) is 2.63. The summed E-state index contributed by atoms with van der Waals surface area (Å²) in [5, 5.41) is 5.19. The van der Waals surface area contributed by atoms with E-state index in [0.29, 0.717) is 40.9 Å². The van der Waals surface area contributed by atoms with E-state index in [1.807, 2.05) is 30.3 Å². The summed E-state index contributed by atoms with van der Waals surface area (Å²) in [5.41, 5.74) is -0.558. The summed E-state index contributed by atoms with van der Waals surface area (Å²) in [6.45, 7) is 8.70. The first-order chi connectivity index (χ1) is 26.0.